The van der Waals surface area contributed by atoms with E-state index in [-0.39, 0.29) is 27.2 Å². The van der Waals surface area contributed by atoms with E-state index in [1.807, 2.05) is 0 Å². The lowest BCUT2D eigenvalue weighted by Gasteiger charge is -2.14. The van der Waals surface area contributed by atoms with Crippen LogP contribution in [0, 0.1) is 11.6 Å². The third-order valence-corrected chi connectivity index (χ3v) is 6.41. The molecule has 4 aromatic rings. The van der Waals surface area contributed by atoms with Crippen LogP contribution in [0.4, 0.5) is 14.5 Å². The number of halogens is 3. The highest BCUT2D eigenvalue weighted by molar-refractivity contribution is 7.16. The third-order valence-electron chi connectivity index (χ3n) is 5.11. The predicted molar refractivity (Wildman–Crippen MR) is 127 cm³/mol. The van der Waals surface area contributed by atoms with Crippen molar-refractivity contribution in [2.24, 2.45) is 0 Å². The molecule has 13 heteroatoms. The van der Waals surface area contributed by atoms with Crippen molar-refractivity contribution >= 4 is 51.4 Å². The second-order valence-corrected chi connectivity index (χ2v) is 9.00. The maximum absolute atomic E-state index is 14.9. The van der Waals surface area contributed by atoms with Crippen LogP contribution in [-0.2, 0) is 4.79 Å². The van der Waals surface area contributed by atoms with E-state index in [2.05, 4.69) is 15.6 Å². The molecule has 1 amide bonds. The number of hydrogen-bond acceptors (Lipinski definition) is 6. The minimum Gasteiger partial charge on any atom is -0.479 e. The molecule has 1 atom stereocenters. The molecule has 0 saturated heterocycles. The molecule has 9 nitrogen and oxygen atoms in total. The van der Waals surface area contributed by atoms with E-state index in [0.717, 1.165) is 35.6 Å². The van der Waals surface area contributed by atoms with Gasteiger partial charge in [0.05, 0.1) is 32.2 Å². The number of carbonyl (C=O) groups excluding carboxylic acids is 1. The molecule has 0 aliphatic rings. The molecule has 0 radical (unpaired) electrons. The number of H-pyrrole nitrogens is 1. The van der Waals surface area contributed by atoms with Gasteiger partial charge < -0.3 is 20.7 Å². The lowest BCUT2D eigenvalue weighted by molar-refractivity contribution is -0.139. The molecular formula is C22H15ClF2N4O5S. The summed E-state index contributed by atoms with van der Waals surface area (Å²) in [5.74, 6) is -4.26. The highest BCUT2D eigenvalue weighted by Crippen LogP contribution is 2.27. The van der Waals surface area contributed by atoms with Gasteiger partial charge in [-0.25, -0.2) is 22.9 Å². The molecule has 180 valence electrons. The van der Waals surface area contributed by atoms with Crippen LogP contribution in [0.25, 0.3) is 16.6 Å². The predicted octanol–water partition coefficient (Wildman–Crippen LogP) is 3.27. The highest BCUT2D eigenvalue weighted by Gasteiger charge is 2.26. The van der Waals surface area contributed by atoms with Crippen LogP contribution in [0.15, 0.2) is 52.1 Å². The van der Waals surface area contributed by atoms with Gasteiger partial charge in [-0.2, -0.15) is 0 Å². The number of nitrogens with one attached hydrogen (secondary N) is 3. The number of carboxylic acid groups (broad SMARTS) is 1. The number of anilines is 1. The zero-order valence-electron chi connectivity index (χ0n) is 17.7. The number of rotatable bonds is 6. The quantitative estimate of drug-likeness (QED) is 0.308. The maximum atomic E-state index is 14.9. The second-order valence-electron chi connectivity index (χ2n) is 7.25. The molecule has 0 fully saturated rings. The van der Waals surface area contributed by atoms with Crippen molar-refractivity contribution in [2.75, 3.05) is 12.4 Å². The van der Waals surface area contributed by atoms with Gasteiger partial charge >= 0.3 is 11.7 Å². The van der Waals surface area contributed by atoms with Crippen molar-refractivity contribution in [3.8, 4) is 5.69 Å². The van der Waals surface area contributed by atoms with Crippen molar-refractivity contribution in [1.29, 1.82) is 0 Å². The summed E-state index contributed by atoms with van der Waals surface area (Å²) in [6.45, 7) is 0. The smallest absolute Gasteiger partial charge is 0.333 e. The first-order chi connectivity index (χ1) is 16.6. The molecule has 0 spiro atoms. The van der Waals surface area contributed by atoms with E-state index in [9.17, 15) is 33.1 Å². The third kappa shape index (κ3) is 4.53. The number of carbonyl (C=O) groups is 2. The van der Waals surface area contributed by atoms with Gasteiger partial charge in [0.15, 0.2) is 6.04 Å². The molecular weight excluding hydrogens is 506 g/mol. The first kappa shape index (κ1) is 24.1. The normalized spacial score (nSPS) is 11.9. The van der Waals surface area contributed by atoms with Gasteiger partial charge in [0.1, 0.15) is 11.6 Å². The fraction of sp³-hybridized carbons (Fsp3) is 0.0909. The molecule has 0 aliphatic carbocycles. The molecule has 2 aromatic carbocycles. The summed E-state index contributed by atoms with van der Waals surface area (Å²) in [5, 5.41) is 14.1. The van der Waals surface area contributed by atoms with Gasteiger partial charge in [-0.1, -0.05) is 11.6 Å². The number of benzene rings is 2. The number of nitrogens with zero attached hydrogens (tertiary/aromatic N) is 1. The van der Waals surface area contributed by atoms with Crippen molar-refractivity contribution in [3.05, 3.63) is 89.7 Å². The Bertz CT molecular complexity index is 1610. The molecule has 2 aromatic heterocycles. The average molecular weight is 521 g/mol. The number of carboxylic acids is 1. The Balaban J connectivity index is 1.71. The Kier molecular flexibility index (Phi) is 6.41. The largest absolute Gasteiger partial charge is 0.479 e. The monoisotopic (exact) mass is 520 g/mol. The summed E-state index contributed by atoms with van der Waals surface area (Å²) in [7, 11) is 1.47. The van der Waals surface area contributed by atoms with Gasteiger partial charge in [-0.3, -0.25) is 9.59 Å². The number of aliphatic carboxylic acids is 1. The zero-order chi connectivity index (χ0) is 25.4. The van der Waals surface area contributed by atoms with E-state index in [4.69, 9.17) is 11.6 Å². The number of aromatic amines is 1. The first-order valence-electron chi connectivity index (χ1n) is 9.86. The summed E-state index contributed by atoms with van der Waals surface area (Å²) < 4.78 is 29.9. The number of aromatic nitrogens is 2. The fourth-order valence-corrected chi connectivity index (χ4v) is 4.54. The number of amides is 1. The number of thiophene rings is 1. The van der Waals surface area contributed by atoms with Gasteiger partial charge in [-0.05, 0) is 42.5 Å². The Morgan fingerprint density at radius 1 is 1.11 bits per heavy atom. The highest BCUT2D eigenvalue weighted by atomic mass is 35.5. The Morgan fingerprint density at radius 3 is 2.46 bits per heavy atom. The van der Waals surface area contributed by atoms with Crippen molar-refractivity contribution in [3.63, 3.8) is 0 Å². The van der Waals surface area contributed by atoms with Crippen molar-refractivity contribution in [2.45, 2.75) is 6.04 Å². The molecule has 0 bridgehead atoms. The van der Waals surface area contributed by atoms with Crippen LogP contribution >= 0.6 is 22.9 Å². The molecule has 0 saturated carbocycles. The standard InChI is InChI=1S/C22H15ClF2N4O5S/c1-26-15-8-14-11(7-13(15)25)20(31)29(22(34)27-14)9-2-3-10(12(24)6-9)19(30)28-18(21(32)33)16-4-5-17(23)35-16/h2-8,18,26H,1H3,(H,27,34)(H,28,30)(H,32,33). The van der Waals surface area contributed by atoms with E-state index < -0.39 is 46.4 Å². The summed E-state index contributed by atoms with van der Waals surface area (Å²) >= 11 is 6.76. The molecule has 2 heterocycles. The van der Waals surface area contributed by atoms with E-state index in [0.29, 0.717) is 8.90 Å². The summed E-state index contributed by atoms with van der Waals surface area (Å²) in [4.78, 5) is 52.3. The summed E-state index contributed by atoms with van der Waals surface area (Å²) in [5.41, 5.74) is -2.40. The summed E-state index contributed by atoms with van der Waals surface area (Å²) in [6.07, 6.45) is 0. The van der Waals surface area contributed by atoms with Gasteiger partial charge in [0, 0.05) is 11.9 Å². The molecule has 4 rings (SSSR count). The second kappa shape index (κ2) is 9.31. The molecule has 1 unspecified atom stereocenters. The van der Waals surface area contributed by atoms with Gasteiger partial charge in [0.2, 0.25) is 0 Å². The van der Waals surface area contributed by atoms with Crippen molar-refractivity contribution < 1.29 is 23.5 Å². The SMILES string of the molecule is CNc1cc2[nH]c(=O)n(-c3ccc(C(=O)NC(C(=O)O)c4ccc(Cl)s4)c(F)c3)c(=O)c2cc1F. The fourth-order valence-electron chi connectivity index (χ4n) is 3.44. The average Bonchev–Trinajstić information content (AvgIpc) is 3.23. The van der Waals surface area contributed by atoms with Gasteiger partial charge in [0.25, 0.3) is 11.5 Å². The first-order valence-corrected chi connectivity index (χ1v) is 11.1. The Morgan fingerprint density at radius 2 is 1.86 bits per heavy atom. The van der Waals surface area contributed by atoms with Crippen LogP contribution in [0.2, 0.25) is 4.34 Å². The number of hydrogen-bond donors (Lipinski definition) is 4. The molecule has 0 aliphatic heterocycles. The van der Waals surface area contributed by atoms with Crippen LogP contribution in [-0.4, -0.2) is 33.6 Å². The Labute approximate surface area is 203 Å². The number of fused-ring (bicyclic) bond motifs is 1. The minimum atomic E-state index is -1.47. The van der Waals surface area contributed by atoms with E-state index in [1.165, 1.54) is 25.2 Å². The lowest BCUT2D eigenvalue weighted by Crippen LogP contribution is -2.35. The maximum Gasteiger partial charge on any atom is 0.333 e. The van der Waals surface area contributed by atoms with E-state index in [1.54, 1.807) is 0 Å². The van der Waals surface area contributed by atoms with Crippen LogP contribution in [0.1, 0.15) is 21.3 Å². The van der Waals surface area contributed by atoms with Crippen LogP contribution in [0.3, 0.4) is 0 Å². The van der Waals surface area contributed by atoms with E-state index >= 15 is 0 Å². The Hall–Kier alpha value is -4.03. The van der Waals surface area contributed by atoms with Crippen LogP contribution in [0.5, 0.6) is 0 Å². The topological polar surface area (TPSA) is 133 Å². The minimum absolute atomic E-state index is 0.0659. The summed E-state index contributed by atoms with van der Waals surface area (Å²) in [6, 6.07) is 6.52. The molecule has 4 N–H and O–H groups in total. The van der Waals surface area contributed by atoms with Crippen molar-refractivity contribution in [1.82, 2.24) is 14.9 Å². The molecule has 35 heavy (non-hydrogen) atoms. The lowest BCUT2D eigenvalue weighted by atomic mass is 10.1. The van der Waals surface area contributed by atoms with Crippen LogP contribution < -0.4 is 21.9 Å². The zero-order valence-corrected chi connectivity index (χ0v) is 19.3. The van der Waals surface area contributed by atoms with Gasteiger partial charge in [-0.15, -0.1) is 11.3 Å².